The third-order valence-electron chi connectivity index (χ3n) is 6.42. The van der Waals surface area contributed by atoms with Gasteiger partial charge in [0.1, 0.15) is 21.1 Å². The van der Waals surface area contributed by atoms with E-state index in [1.807, 2.05) is 90.1 Å². The first-order valence-corrected chi connectivity index (χ1v) is 18.0. The molecule has 0 aliphatic heterocycles. The lowest BCUT2D eigenvalue weighted by atomic mass is 9.88. The molecule has 0 saturated heterocycles. The molecule has 0 fully saturated rings. The normalized spacial score (nSPS) is 10.8. The van der Waals surface area contributed by atoms with Crippen LogP contribution in [0.5, 0.6) is 0 Å². The highest BCUT2D eigenvalue weighted by molar-refractivity contribution is 7.19. The summed E-state index contributed by atoms with van der Waals surface area (Å²) in [6, 6.07) is 20.4. The highest BCUT2D eigenvalue weighted by Gasteiger charge is 2.27. The van der Waals surface area contributed by atoms with Crippen molar-refractivity contribution in [1.82, 2.24) is 19.9 Å². The van der Waals surface area contributed by atoms with Gasteiger partial charge in [0.05, 0.1) is 17.1 Å². The Labute approximate surface area is 288 Å². The van der Waals surface area contributed by atoms with E-state index in [1.165, 1.54) is 33.5 Å². The minimum atomic E-state index is -0.0689. The number of H-pyrrole nitrogens is 1. The number of nitrogens with zero attached hydrogens (tertiary/aromatic N) is 3. The second kappa shape index (κ2) is 17.5. The number of hydrogen-bond acceptors (Lipinski definition) is 6. The van der Waals surface area contributed by atoms with E-state index in [-0.39, 0.29) is 16.4 Å². The van der Waals surface area contributed by atoms with Crippen LogP contribution >= 0.6 is 34.3 Å². The van der Waals surface area contributed by atoms with Crippen LogP contribution in [0.1, 0.15) is 92.8 Å². The van der Waals surface area contributed by atoms with Crippen LogP contribution in [0.15, 0.2) is 78.1 Å². The van der Waals surface area contributed by atoms with E-state index >= 15 is 0 Å². The quantitative estimate of drug-likeness (QED) is 0.185. The Morgan fingerprint density at radius 3 is 1.46 bits per heavy atom. The van der Waals surface area contributed by atoms with Gasteiger partial charge in [-0.05, 0) is 22.0 Å². The van der Waals surface area contributed by atoms with Gasteiger partial charge in [0, 0.05) is 20.9 Å². The van der Waals surface area contributed by atoms with Crippen molar-refractivity contribution in [2.75, 3.05) is 0 Å². The number of rotatable bonds is 2. The van der Waals surface area contributed by atoms with Gasteiger partial charge >= 0.3 is 0 Å². The predicted molar refractivity (Wildman–Crippen MR) is 205 cm³/mol. The first-order chi connectivity index (χ1) is 22.0. The third-order valence-corrected chi connectivity index (χ3v) is 9.76. The molecule has 1 N–H and O–H groups in total. The fourth-order valence-corrected chi connectivity index (χ4v) is 7.39. The number of benzene rings is 2. The van der Waals surface area contributed by atoms with E-state index in [9.17, 15) is 4.79 Å². The maximum atomic E-state index is 12.2. The van der Waals surface area contributed by atoms with E-state index in [1.54, 1.807) is 22.7 Å². The molecule has 2 aromatic carbocycles. The van der Waals surface area contributed by atoms with E-state index in [2.05, 4.69) is 73.6 Å². The van der Waals surface area contributed by atoms with Gasteiger partial charge in [-0.1, -0.05) is 155 Å². The zero-order valence-electron chi connectivity index (χ0n) is 29.4. The van der Waals surface area contributed by atoms with Crippen LogP contribution < -0.4 is 5.56 Å². The van der Waals surface area contributed by atoms with E-state index in [0.29, 0.717) is 10.5 Å². The molecule has 5 nitrogen and oxygen atoms in total. The van der Waals surface area contributed by atoms with Crippen LogP contribution in [-0.4, -0.2) is 19.9 Å². The summed E-state index contributed by atoms with van der Waals surface area (Å²) in [5, 5.41) is 2.20. The van der Waals surface area contributed by atoms with Gasteiger partial charge in [-0.2, -0.15) is 0 Å². The maximum Gasteiger partial charge on any atom is 0.260 e. The van der Waals surface area contributed by atoms with Crippen molar-refractivity contribution in [1.29, 1.82) is 0 Å². The number of hydrogen-bond donors (Lipinski definition) is 1. The lowest BCUT2D eigenvalue weighted by Crippen LogP contribution is -2.11. The molecule has 4 heterocycles. The summed E-state index contributed by atoms with van der Waals surface area (Å²) in [6.07, 6.45) is 3.00. The first kappa shape index (κ1) is 38.8. The van der Waals surface area contributed by atoms with Crippen LogP contribution in [0.4, 0.5) is 0 Å². The van der Waals surface area contributed by atoms with E-state index in [4.69, 9.17) is 11.6 Å². The number of thiophene rings is 2. The smallest absolute Gasteiger partial charge is 0.260 e. The van der Waals surface area contributed by atoms with Crippen LogP contribution in [-0.2, 0) is 10.8 Å². The lowest BCUT2D eigenvalue weighted by molar-refractivity contribution is 0.605. The minimum Gasteiger partial charge on any atom is -0.313 e. The minimum absolute atomic E-state index is 0.0248. The Hall–Kier alpha value is -3.39. The maximum absolute atomic E-state index is 12.2. The largest absolute Gasteiger partial charge is 0.313 e. The predicted octanol–water partition coefficient (Wildman–Crippen LogP) is 12.3. The molecule has 246 valence electrons. The van der Waals surface area contributed by atoms with Crippen LogP contribution in [0.25, 0.3) is 42.7 Å². The van der Waals surface area contributed by atoms with Crippen molar-refractivity contribution in [2.24, 2.45) is 0 Å². The molecule has 8 heteroatoms. The van der Waals surface area contributed by atoms with Crippen molar-refractivity contribution in [2.45, 2.75) is 93.9 Å². The van der Waals surface area contributed by atoms with Crippen LogP contribution in [0.2, 0.25) is 5.15 Å². The molecule has 0 radical (unpaired) electrons. The van der Waals surface area contributed by atoms with Crippen molar-refractivity contribution in [3.63, 3.8) is 0 Å². The summed E-state index contributed by atoms with van der Waals surface area (Å²) < 4.78 is 0. The lowest BCUT2D eigenvalue weighted by Gasteiger charge is -2.19. The number of aromatic nitrogens is 4. The average Bonchev–Trinajstić information content (AvgIpc) is 3.67. The van der Waals surface area contributed by atoms with Gasteiger partial charge in [0.15, 0.2) is 0 Å². The molecule has 46 heavy (non-hydrogen) atoms. The second-order valence-electron chi connectivity index (χ2n) is 11.6. The molecule has 0 atom stereocenters. The molecule has 0 amide bonds. The Kier molecular flexibility index (Phi) is 14.8. The van der Waals surface area contributed by atoms with Crippen molar-refractivity contribution < 1.29 is 0 Å². The summed E-state index contributed by atoms with van der Waals surface area (Å²) in [4.78, 5) is 32.0. The molecule has 0 aliphatic rings. The van der Waals surface area contributed by atoms with Crippen molar-refractivity contribution >= 4 is 54.7 Å². The zero-order valence-corrected chi connectivity index (χ0v) is 31.8. The second-order valence-corrected chi connectivity index (χ2v) is 14.0. The van der Waals surface area contributed by atoms with Crippen molar-refractivity contribution in [3.05, 3.63) is 98.6 Å². The molecule has 4 aromatic heterocycles. The van der Waals surface area contributed by atoms with E-state index in [0.717, 1.165) is 26.2 Å². The highest BCUT2D eigenvalue weighted by atomic mass is 35.5. The van der Waals surface area contributed by atoms with Gasteiger partial charge in [0.2, 0.25) is 0 Å². The third kappa shape index (κ3) is 8.90. The standard InChI is InChI=1S/C16H15ClN2S.C16H16N2OS.3C2H6/c1-16(2,3)13-11(10-7-5-4-6-8-10)12-14(17)18-9-19-15(12)20-13;1-16(2,3)13-11(10-7-5-4-6-8-10)12-14(19)17-9-18-15(12)20-13;3*1-2/h4-9H,1-3H3;4-9H,1-3H3,(H,17,18,19);3*1-2H3. The van der Waals surface area contributed by atoms with Gasteiger partial charge in [-0.15, -0.1) is 22.7 Å². The van der Waals surface area contributed by atoms with E-state index < -0.39 is 0 Å². The Bertz CT molecular complexity index is 1850. The summed E-state index contributed by atoms with van der Waals surface area (Å²) in [7, 11) is 0. The zero-order chi connectivity index (χ0) is 34.7. The molecule has 0 spiro atoms. The van der Waals surface area contributed by atoms with Crippen LogP contribution in [0.3, 0.4) is 0 Å². The highest BCUT2D eigenvalue weighted by Crippen LogP contribution is 2.46. The van der Waals surface area contributed by atoms with Gasteiger partial charge in [0.25, 0.3) is 5.56 Å². The average molecular weight is 677 g/mol. The van der Waals surface area contributed by atoms with Gasteiger partial charge in [-0.3, -0.25) is 4.79 Å². The fourth-order valence-electron chi connectivity index (χ4n) is 4.66. The monoisotopic (exact) mass is 676 g/mol. The number of aromatic amines is 1. The summed E-state index contributed by atoms with van der Waals surface area (Å²) in [5.74, 6) is 0. The molecule has 0 bridgehead atoms. The Morgan fingerprint density at radius 1 is 0.609 bits per heavy atom. The van der Waals surface area contributed by atoms with Gasteiger partial charge in [-0.25, -0.2) is 15.0 Å². The van der Waals surface area contributed by atoms with Gasteiger partial charge < -0.3 is 4.98 Å². The number of fused-ring (bicyclic) bond motifs is 2. The Balaban J connectivity index is 0.000000276. The molecule has 6 aromatic rings. The fraction of sp³-hybridized carbons (Fsp3) is 0.368. The number of halogens is 1. The summed E-state index contributed by atoms with van der Waals surface area (Å²) in [6.45, 7) is 25.1. The van der Waals surface area contributed by atoms with Crippen molar-refractivity contribution in [3.8, 4) is 22.3 Å². The summed E-state index contributed by atoms with van der Waals surface area (Å²) in [5.41, 5.74) is 4.38. The molecule has 0 unspecified atom stereocenters. The molecular weight excluding hydrogens is 628 g/mol. The number of nitrogens with one attached hydrogen (secondary N) is 1. The van der Waals surface area contributed by atoms with Crippen LogP contribution in [0, 0.1) is 0 Å². The molecule has 0 aliphatic carbocycles. The Morgan fingerprint density at radius 2 is 1.02 bits per heavy atom. The molecular formula is C38H49ClN4OS2. The summed E-state index contributed by atoms with van der Waals surface area (Å²) >= 11 is 9.64. The molecule has 0 saturated carbocycles. The first-order valence-electron chi connectivity index (χ1n) is 16.0. The topological polar surface area (TPSA) is 71.5 Å². The molecule has 6 rings (SSSR count). The SMILES string of the molecule is CC.CC.CC.CC(C)(C)c1sc2nc[nH]c(=O)c2c1-c1ccccc1.CC(C)(C)c1sc2ncnc(Cl)c2c1-c1ccccc1.